The molecular weight excluding hydrogens is 390 g/mol. The third-order valence-electron chi connectivity index (χ3n) is 4.53. The van der Waals surface area contributed by atoms with E-state index < -0.39 is 16.1 Å². The van der Waals surface area contributed by atoms with Crippen LogP contribution < -0.4 is 0 Å². The van der Waals surface area contributed by atoms with E-state index in [1.165, 1.54) is 3.97 Å². The summed E-state index contributed by atoms with van der Waals surface area (Å²) in [6, 6.07) is 13.9. The van der Waals surface area contributed by atoms with Crippen molar-refractivity contribution in [2.75, 3.05) is 0 Å². The number of aromatic nitrogens is 1. The van der Waals surface area contributed by atoms with Gasteiger partial charge in [0.2, 0.25) is 0 Å². The number of hydrogen-bond donors (Lipinski definition) is 1. The van der Waals surface area contributed by atoms with E-state index in [-0.39, 0.29) is 4.90 Å². The van der Waals surface area contributed by atoms with Crippen molar-refractivity contribution >= 4 is 36.9 Å². The Hall–Kier alpha value is -1.63. The highest BCUT2D eigenvalue weighted by Gasteiger charge is 2.32. The molecule has 0 fully saturated rings. The van der Waals surface area contributed by atoms with Crippen LogP contribution in [0.1, 0.15) is 30.2 Å². The van der Waals surface area contributed by atoms with Crippen molar-refractivity contribution in [3.8, 4) is 0 Å². The first-order chi connectivity index (χ1) is 11.5. The van der Waals surface area contributed by atoms with E-state index in [9.17, 15) is 13.5 Å². The molecule has 4 rings (SSSR count). The Balaban J connectivity index is 2.11. The van der Waals surface area contributed by atoms with Crippen LogP contribution in [-0.2, 0) is 16.4 Å². The van der Waals surface area contributed by atoms with E-state index in [1.807, 2.05) is 12.1 Å². The lowest BCUT2D eigenvalue weighted by Crippen LogP contribution is -2.20. The van der Waals surface area contributed by atoms with Gasteiger partial charge in [-0.1, -0.05) is 34.1 Å². The molecule has 1 unspecified atom stereocenters. The fraction of sp³-hybridized carbons (Fsp3) is 0.222. The van der Waals surface area contributed by atoms with Crippen LogP contribution >= 0.6 is 15.9 Å². The standard InChI is InChI=1S/C18H16BrNO3S/c19-12-9-10-16-15(11-12)14-7-4-8-17(21)18(14)20(16)24(22,23)13-5-2-1-3-6-13/h1-3,5-6,9-11,17,21H,4,7-8H2. The average molecular weight is 406 g/mol. The Kier molecular flexibility index (Phi) is 3.78. The van der Waals surface area contributed by atoms with Crippen molar-refractivity contribution < 1.29 is 13.5 Å². The van der Waals surface area contributed by atoms with E-state index in [2.05, 4.69) is 15.9 Å². The highest BCUT2D eigenvalue weighted by Crippen LogP contribution is 2.40. The van der Waals surface area contributed by atoms with Crippen LogP contribution in [0.25, 0.3) is 10.9 Å². The summed E-state index contributed by atoms with van der Waals surface area (Å²) in [5.74, 6) is 0. The predicted molar refractivity (Wildman–Crippen MR) is 96.6 cm³/mol. The van der Waals surface area contributed by atoms with Gasteiger partial charge in [0, 0.05) is 9.86 Å². The second kappa shape index (κ2) is 5.72. The zero-order valence-electron chi connectivity index (χ0n) is 12.8. The third-order valence-corrected chi connectivity index (χ3v) is 6.77. The maximum atomic E-state index is 13.3. The molecule has 0 amide bonds. The van der Waals surface area contributed by atoms with Crippen molar-refractivity contribution in [1.29, 1.82) is 0 Å². The molecule has 1 aromatic heterocycles. The number of aliphatic hydroxyl groups excluding tert-OH is 1. The van der Waals surface area contributed by atoms with E-state index in [0.717, 1.165) is 28.3 Å². The molecule has 124 valence electrons. The predicted octanol–water partition coefficient (Wildman–Crippen LogP) is 4.01. The quantitative estimate of drug-likeness (QED) is 0.700. The van der Waals surface area contributed by atoms with Crippen LogP contribution in [-0.4, -0.2) is 17.5 Å². The first-order valence-corrected chi connectivity index (χ1v) is 10.0. The zero-order valence-corrected chi connectivity index (χ0v) is 15.2. The van der Waals surface area contributed by atoms with Crippen molar-refractivity contribution in [3.05, 3.63) is 64.3 Å². The van der Waals surface area contributed by atoms with Gasteiger partial charge in [0.05, 0.1) is 22.2 Å². The molecule has 24 heavy (non-hydrogen) atoms. The second-order valence-electron chi connectivity index (χ2n) is 6.02. The third kappa shape index (κ3) is 2.32. The van der Waals surface area contributed by atoms with Gasteiger partial charge in [0.25, 0.3) is 10.0 Å². The summed E-state index contributed by atoms with van der Waals surface area (Å²) in [4.78, 5) is 0.227. The van der Waals surface area contributed by atoms with Gasteiger partial charge in [-0.25, -0.2) is 12.4 Å². The molecule has 0 spiro atoms. The van der Waals surface area contributed by atoms with Crippen LogP contribution in [0.4, 0.5) is 0 Å². The molecule has 1 atom stereocenters. The zero-order chi connectivity index (χ0) is 16.9. The number of rotatable bonds is 2. The SMILES string of the molecule is O=S(=O)(c1ccccc1)n1c2c(c3cc(Br)ccc31)CCCC2O. The van der Waals surface area contributed by atoms with Gasteiger partial charge in [-0.3, -0.25) is 0 Å². The minimum Gasteiger partial charge on any atom is -0.387 e. The maximum absolute atomic E-state index is 13.3. The molecule has 1 N–H and O–H groups in total. The number of aliphatic hydroxyl groups is 1. The van der Waals surface area contributed by atoms with Crippen molar-refractivity contribution in [3.63, 3.8) is 0 Å². The Morgan fingerprint density at radius 2 is 1.88 bits per heavy atom. The second-order valence-corrected chi connectivity index (χ2v) is 8.72. The summed E-state index contributed by atoms with van der Waals surface area (Å²) in [5, 5.41) is 11.4. The van der Waals surface area contributed by atoms with E-state index >= 15 is 0 Å². The largest absolute Gasteiger partial charge is 0.387 e. The Morgan fingerprint density at radius 1 is 1.12 bits per heavy atom. The van der Waals surface area contributed by atoms with Crippen LogP contribution in [0.3, 0.4) is 0 Å². The molecule has 0 bridgehead atoms. The number of benzene rings is 2. The number of halogens is 1. The first-order valence-electron chi connectivity index (χ1n) is 7.81. The lowest BCUT2D eigenvalue weighted by Gasteiger charge is -2.21. The van der Waals surface area contributed by atoms with Crippen LogP contribution in [0, 0.1) is 0 Å². The molecule has 1 aliphatic carbocycles. The van der Waals surface area contributed by atoms with Gasteiger partial charge in [-0.05, 0) is 55.2 Å². The molecule has 2 aromatic carbocycles. The number of nitrogens with zero attached hydrogens (tertiary/aromatic N) is 1. The summed E-state index contributed by atoms with van der Waals surface area (Å²) in [6.45, 7) is 0. The minimum absolute atomic E-state index is 0.227. The first kappa shape index (κ1) is 15.9. The Bertz CT molecular complexity index is 1030. The molecule has 3 aromatic rings. The fourth-order valence-corrected chi connectivity index (χ4v) is 5.46. The molecule has 0 radical (unpaired) electrons. The summed E-state index contributed by atoms with van der Waals surface area (Å²) in [7, 11) is -3.77. The van der Waals surface area contributed by atoms with Crippen molar-refractivity contribution in [2.24, 2.45) is 0 Å². The van der Waals surface area contributed by atoms with Crippen LogP contribution in [0.5, 0.6) is 0 Å². The van der Waals surface area contributed by atoms with Crippen LogP contribution in [0.2, 0.25) is 0 Å². The molecule has 4 nitrogen and oxygen atoms in total. The highest BCUT2D eigenvalue weighted by molar-refractivity contribution is 9.10. The van der Waals surface area contributed by atoms with Gasteiger partial charge in [-0.15, -0.1) is 0 Å². The van der Waals surface area contributed by atoms with E-state index in [1.54, 1.807) is 36.4 Å². The molecule has 6 heteroatoms. The summed E-state index contributed by atoms with van der Waals surface area (Å²) in [5.41, 5.74) is 2.07. The molecule has 0 saturated heterocycles. The topological polar surface area (TPSA) is 59.3 Å². The van der Waals surface area contributed by atoms with Gasteiger partial charge >= 0.3 is 0 Å². The molecule has 0 saturated carbocycles. The monoisotopic (exact) mass is 405 g/mol. The van der Waals surface area contributed by atoms with Crippen molar-refractivity contribution in [2.45, 2.75) is 30.3 Å². The van der Waals surface area contributed by atoms with Gasteiger partial charge in [0.15, 0.2) is 0 Å². The normalized spacial score (nSPS) is 17.8. The Labute approximate surface area is 148 Å². The van der Waals surface area contributed by atoms with Crippen LogP contribution in [0.15, 0.2) is 57.9 Å². The van der Waals surface area contributed by atoms with E-state index in [0.29, 0.717) is 17.6 Å². The van der Waals surface area contributed by atoms with Gasteiger partial charge in [-0.2, -0.15) is 0 Å². The Morgan fingerprint density at radius 3 is 2.62 bits per heavy atom. The van der Waals surface area contributed by atoms with Crippen molar-refractivity contribution in [1.82, 2.24) is 3.97 Å². The summed E-state index contributed by atoms with van der Waals surface area (Å²) < 4.78 is 28.7. The lowest BCUT2D eigenvalue weighted by atomic mass is 9.94. The average Bonchev–Trinajstić information content (AvgIpc) is 2.91. The van der Waals surface area contributed by atoms with Gasteiger partial charge in [0.1, 0.15) is 0 Å². The molecule has 1 heterocycles. The minimum atomic E-state index is -3.77. The van der Waals surface area contributed by atoms with E-state index in [4.69, 9.17) is 0 Å². The number of aryl methyl sites for hydroxylation is 1. The number of fused-ring (bicyclic) bond motifs is 3. The number of hydrogen-bond acceptors (Lipinski definition) is 3. The summed E-state index contributed by atoms with van der Waals surface area (Å²) >= 11 is 3.46. The smallest absolute Gasteiger partial charge is 0.268 e. The fourth-order valence-electron chi connectivity index (χ4n) is 3.48. The summed E-state index contributed by atoms with van der Waals surface area (Å²) in [6.07, 6.45) is 1.44. The molecule has 0 aliphatic heterocycles. The highest BCUT2D eigenvalue weighted by atomic mass is 79.9. The molecule has 1 aliphatic rings. The van der Waals surface area contributed by atoms with Gasteiger partial charge < -0.3 is 5.11 Å². The maximum Gasteiger partial charge on any atom is 0.268 e. The molecular formula is C18H16BrNO3S. The lowest BCUT2D eigenvalue weighted by molar-refractivity contribution is 0.151.